The standard InChI is InChI=1S/C12H23NO11/c13-24-12-9(20)7(18)10(4(2-15)22-12)23-11-8(19)6(17)5(16)3(1-14)21-11/h3-12,14-20H,1-2,13H2/t3-,4-,5+,6+,7-,8-,9-,10-,11+,12+/m1/s1. The van der Waals surface area contributed by atoms with Crippen molar-refractivity contribution < 1.29 is 54.8 Å². The largest absolute Gasteiger partial charge is 0.394 e. The zero-order valence-corrected chi connectivity index (χ0v) is 12.5. The molecular weight excluding hydrogens is 334 g/mol. The molecule has 0 bridgehead atoms. The van der Waals surface area contributed by atoms with E-state index in [2.05, 4.69) is 4.84 Å². The second kappa shape index (κ2) is 8.27. The molecule has 0 aliphatic carbocycles. The average molecular weight is 357 g/mol. The number of rotatable bonds is 5. The second-order valence-corrected chi connectivity index (χ2v) is 5.64. The first kappa shape index (κ1) is 19.8. The highest BCUT2D eigenvalue weighted by atomic mass is 16.8. The lowest BCUT2D eigenvalue weighted by atomic mass is 9.97. The molecule has 2 heterocycles. The molecule has 0 saturated carbocycles. The van der Waals surface area contributed by atoms with Gasteiger partial charge in [0, 0.05) is 0 Å². The number of aliphatic hydroxyl groups is 7. The summed E-state index contributed by atoms with van der Waals surface area (Å²) in [5.41, 5.74) is 0. The van der Waals surface area contributed by atoms with E-state index < -0.39 is 74.6 Å². The minimum atomic E-state index is -1.71. The van der Waals surface area contributed by atoms with Gasteiger partial charge in [0.1, 0.15) is 48.8 Å². The smallest absolute Gasteiger partial charge is 0.206 e. The number of nitrogens with two attached hydrogens (primary N) is 1. The lowest BCUT2D eigenvalue weighted by molar-refractivity contribution is -0.360. The van der Waals surface area contributed by atoms with E-state index in [1.54, 1.807) is 0 Å². The van der Waals surface area contributed by atoms with Gasteiger partial charge >= 0.3 is 0 Å². The Morgan fingerprint density at radius 2 is 1.25 bits per heavy atom. The molecule has 0 unspecified atom stereocenters. The lowest BCUT2D eigenvalue weighted by Crippen LogP contribution is -2.64. The Morgan fingerprint density at radius 1 is 0.708 bits per heavy atom. The van der Waals surface area contributed by atoms with Crippen LogP contribution in [0.1, 0.15) is 0 Å². The molecule has 2 fully saturated rings. The summed E-state index contributed by atoms with van der Waals surface area (Å²) in [7, 11) is 0. The highest BCUT2D eigenvalue weighted by Gasteiger charge is 2.50. The molecule has 0 aromatic rings. The van der Waals surface area contributed by atoms with Crippen molar-refractivity contribution in [2.24, 2.45) is 5.90 Å². The van der Waals surface area contributed by atoms with Crippen LogP contribution >= 0.6 is 0 Å². The highest BCUT2D eigenvalue weighted by Crippen LogP contribution is 2.28. The van der Waals surface area contributed by atoms with Gasteiger partial charge in [0.25, 0.3) is 0 Å². The van der Waals surface area contributed by atoms with Crippen molar-refractivity contribution in [1.82, 2.24) is 0 Å². The molecule has 10 atom stereocenters. The van der Waals surface area contributed by atoms with E-state index in [0.717, 1.165) is 0 Å². The van der Waals surface area contributed by atoms with Gasteiger partial charge < -0.3 is 50.0 Å². The number of ether oxygens (including phenoxy) is 3. The van der Waals surface area contributed by atoms with Crippen LogP contribution in [0.25, 0.3) is 0 Å². The van der Waals surface area contributed by atoms with E-state index >= 15 is 0 Å². The first-order valence-corrected chi connectivity index (χ1v) is 7.29. The highest BCUT2D eigenvalue weighted by molar-refractivity contribution is 4.93. The molecule has 9 N–H and O–H groups in total. The van der Waals surface area contributed by atoms with Crippen LogP contribution in [0.5, 0.6) is 0 Å². The molecule has 0 aromatic carbocycles. The molecule has 12 heteroatoms. The summed E-state index contributed by atoms with van der Waals surface area (Å²) >= 11 is 0. The number of hydrogen-bond acceptors (Lipinski definition) is 12. The maximum Gasteiger partial charge on any atom is 0.206 e. The van der Waals surface area contributed by atoms with Gasteiger partial charge in [-0.15, -0.1) is 0 Å². The van der Waals surface area contributed by atoms with Crippen molar-refractivity contribution in [3.05, 3.63) is 0 Å². The Bertz CT molecular complexity index is 397. The molecule has 142 valence electrons. The van der Waals surface area contributed by atoms with Crippen molar-refractivity contribution >= 4 is 0 Å². The van der Waals surface area contributed by atoms with E-state index in [4.69, 9.17) is 25.2 Å². The number of hydrogen-bond donors (Lipinski definition) is 8. The maximum absolute atomic E-state index is 10.1. The number of aliphatic hydroxyl groups excluding tert-OH is 7. The third-order valence-corrected chi connectivity index (χ3v) is 4.09. The van der Waals surface area contributed by atoms with E-state index in [1.807, 2.05) is 0 Å². The van der Waals surface area contributed by atoms with Gasteiger partial charge in [0.2, 0.25) is 6.29 Å². The van der Waals surface area contributed by atoms with E-state index in [0.29, 0.717) is 0 Å². The minimum Gasteiger partial charge on any atom is -0.394 e. The van der Waals surface area contributed by atoms with Crippen molar-refractivity contribution in [3.63, 3.8) is 0 Å². The molecule has 24 heavy (non-hydrogen) atoms. The van der Waals surface area contributed by atoms with Gasteiger partial charge in [-0.25, -0.2) is 5.90 Å². The summed E-state index contributed by atoms with van der Waals surface area (Å²) in [4.78, 5) is 4.35. The molecule has 0 radical (unpaired) electrons. The molecule has 0 amide bonds. The van der Waals surface area contributed by atoms with Crippen molar-refractivity contribution in [3.8, 4) is 0 Å². The van der Waals surface area contributed by atoms with Crippen LogP contribution in [0.3, 0.4) is 0 Å². The zero-order valence-electron chi connectivity index (χ0n) is 12.5. The minimum absolute atomic E-state index is 0.647. The van der Waals surface area contributed by atoms with Crippen LogP contribution in [0.2, 0.25) is 0 Å². The molecule has 2 aliphatic heterocycles. The first-order valence-electron chi connectivity index (χ1n) is 7.29. The van der Waals surface area contributed by atoms with E-state index in [9.17, 15) is 30.6 Å². The van der Waals surface area contributed by atoms with Gasteiger partial charge in [-0.3, -0.25) is 4.84 Å². The van der Waals surface area contributed by atoms with Gasteiger partial charge in [-0.2, -0.15) is 0 Å². The third-order valence-electron chi connectivity index (χ3n) is 4.09. The summed E-state index contributed by atoms with van der Waals surface area (Å²) in [6, 6.07) is 0. The van der Waals surface area contributed by atoms with Crippen LogP contribution in [-0.4, -0.2) is 110 Å². The summed E-state index contributed by atoms with van der Waals surface area (Å²) in [6.07, 6.45) is -15.0. The monoisotopic (exact) mass is 357 g/mol. The summed E-state index contributed by atoms with van der Waals surface area (Å²) in [6.45, 7) is -1.31. The first-order chi connectivity index (χ1) is 11.3. The summed E-state index contributed by atoms with van der Waals surface area (Å²) in [5.74, 6) is 4.92. The molecule has 2 aliphatic rings. The van der Waals surface area contributed by atoms with Crippen LogP contribution in [0, 0.1) is 0 Å². The predicted octanol–water partition coefficient (Wildman–Crippen LogP) is -5.50. The Balaban J connectivity index is 2.12. The van der Waals surface area contributed by atoms with Crippen LogP contribution < -0.4 is 5.90 Å². The van der Waals surface area contributed by atoms with Gasteiger partial charge in [0.05, 0.1) is 13.2 Å². The Morgan fingerprint density at radius 3 is 1.79 bits per heavy atom. The average Bonchev–Trinajstić information content (AvgIpc) is 2.59. The molecule has 12 nitrogen and oxygen atoms in total. The molecule has 0 aromatic heterocycles. The molecule has 0 spiro atoms. The summed E-state index contributed by atoms with van der Waals surface area (Å²) in [5, 5.41) is 67.8. The second-order valence-electron chi connectivity index (χ2n) is 5.64. The lowest BCUT2D eigenvalue weighted by Gasteiger charge is -2.45. The third kappa shape index (κ3) is 3.70. The summed E-state index contributed by atoms with van der Waals surface area (Å²) < 4.78 is 15.6. The van der Waals surface area contributed by atoms with E-state index in [-0.39, 0.29) is 0 Å². The maximum atomic E-state index is 10.1. The SMILES string of the molecule is NO[C@@H]1O[C@H](CO)[C@@H](O[C@@H]2O[C@H](CO)[C@H](O)[C@H](O)[C@H]2O)[C@H](O)[C@H]1O. The Kier molecular flexibility index (Phi) is 6.83. The van der Waals surface area contributed by atoms with Crippen LogP contribution in [0.4, 0.5) is 0 Å². The van der Waals surface area contributed by atoms with Crippen molar-refractivity contribution in [1.29, 1.82) is 0 Å². The predicted molar refractivity (Wildman–Crippen MR) is 71.7 cm³/mol. The molecule has 2 rings (SSSR count). The topological polar surface area (TPSA) is 205 Å². The van der Waals surface area contributed by atoms with Gasteiger partial charge in [-0.05, 0) is 0 Å². The fourth-order valence-corrected chi connectivity index (χ4v) is 2.67. The quantitative estimate of drug-likeness (QED) is 0.217. The Hall–Kier alpha value is -0.480. The molecular formula is C12H23NO11. The normalized spacial score (nSPS) is 50.0. The fraction of sp³-hybridized carbons (Fsp3) is 1.00. The van der Waals surface area contributed by atoms with Gasteiger partial charge in [-0.1, -0.05) is 0 Å². The fourth-order valence-electron chi connectivity index (χ4n) is 2.67. The van der Waals surface area contributed by atoms with Crippen molar-refractivity contribution in [2.45, 2.75) is 61.4 Å². The van der Waals surface area contributed by atoms with Crippen LogP contribution in [-0.2, 0) is 19.0 Å². The van der Waals surface area contributed by atoms with Crippen LogP contribution in [0.15, 0.2) is 0 Å². The Labute approximate surface area is 136 Å². The van der Waals surface area contributed by atoms with Gasteiger partial charge in [0.15, 0.2) is 6.29 Å². The zero-order chi connectivity index (χ0) is 18.0. The van der Waals surface area contributed by atoms with E-state index in [1.165, 1.54) is 0 Å². The van der Waals surface area contributed by atoms with Crippen molar-refractivity contribution in [2.75, 3.05) is 13.2 Å². The molecule has 2 saturated heterocycles.